The van der Waals surface area contributed by atoms with Gasteiger partial charge in [-0.05, 0) is 12.1 Å². The summed E-state index contributed by atoms with van der Waals surface area (Å²) in [5, 5.41) is 0. The number of fused-ring (bicyclic) bond motifs is 1. The molecule has 1 heterocycles. The van der Waals surface area contributed by atoms with Crippen LogP contribution < -0.4 is 15.2 Å². The lowest BCUT2D eigenvalue weighted by molar-refractivity contribution is 0.331. The summed E-state index contributed by atoms with van der Waals surface area (Å²) in [6.07, 6.45) is 0. The first kappa shape index (κ1) is 7.43. The molecule has 1 atom stereocenters. The van der Waals surface area contributed by atoms with Crippen LogP contribution in [0, 0.1) is 0 Å². The van der Waals surface area contributed by atoms with Crippen molar-refractivity contribution in [1.29, 1.82) is 0 Å². The fourth-order valence-electron chi connectivity index (χ4n) is 1.34. The first-order valence-corrected chi connectivity index (χ1v) is 3.87. The van der Waals surface area contributed by atoms with Crippen LogP contribution in [0.2, 0.25) is 0 Å². The van der Waals surface area contributed by atoms with Crippen LogP contribution in [-0.4, -0.2) is 13.7 Å². The van der Waals surface area contributed by atoms with Crippen molar-refractivity contribution in [2.45, 2.75) is 6.04 Å². The van der Waals surface area contributed by atoms with Gasteiger partial charge in [0, 0.05) is 11.6 Å². The first-order valence-electron chi connectivity index (χ1n) is 3.87. The van der Waals surface area contributed by atoms with E-state index in [1.807, 2.05) is 18.2 Å². The summed E-state index contributed by atoms with van der Waals surface area (Å²) in [4.78, 5) is 0. The molecule has 12 heavy (non-hydrogen) atoms. The topological polar surface area (TPSA) is 44.5 Å². The maximum atomic E-state index is 5.77. The van der Waals surface area contributed by atoms with Crippen molar-refractivity contribution in [2.24, 2.45) is 5.73 Å². The fraction of sp³-hybridized carbons (Fsp3) is 0.333. The number of nitrogens with two attached hydrogens (primary N) is 1. The molecule has 0 fully saturated rings. The van der Waals surface area contributed by atoms with Gasteiger partial charge in [-0.25, -0.2) is 0 Å². The SMILES string of the molecule is COc1ccc2c(c1)OC[C@H]2N. The smallest absolute Gasteiger partial charge is 0.127 e. The molecule has 3 nitrogen and oxygen atoms in total. The zero-order valence-electron chi connectivity index (χ0n) is 6.91. The predicted molar refractivity (Wildman–Crippen MR) is 45.4 cm³/mol. The van der Waals surface area contributed by atoms with E-state index in [1.54, 1.807) is 7.11 Å². The highest BCUT2D eigenvalue weighted by Crippen LogP contribution is 2.33. The van der Waals surface area contributed by atoms with Crippen LogP contribution in [0.1, 0.15) is 11.6 Å². The molecule has 1 aliphatic heterocycles. The number of rotatable bonds is 1. The number of ether oxygens (including phenoxy) is 2. The summed E-state index contributed by atoms with van der Waals surface area (Å²) >= 11 is 0. The summed E-state index contributed by atoms with van der Waals surface area (Å²) in [7, 11) is 1.64. The molecule has 0 bridgehead atoms. The Morgan fingerprint density at radius 3 is 3.17 bits per heavy atom. The summed E-state index contributed by atoms with van der Waals surface area (Å²) in [6, 6.07) is 5.73. The molecule has 3 heteroatoms. The van der Waals surface area contributed by atoms with Crippen molar-refractivity contribution in [3.8, 4) is 11.5 Å². The Morgan fingerprint density at radius 2 is 2.42 bits per heavy atom. The van der Waals surface area contributed by atoms with Gasteiger partial charge in [-0.1, -0.05) is 0 Å². The van der Waals surface area contributed by atoms with Crippen molar-refractivity contribution in [2.75, 3.05) is 13.7 Å². The monoisotopic (exact) mass is 165 g/mol. The van der Waals surface area contributed by atoms with Crippen LogP contribution in [0.25, 0.3) is 0 Å². The van der Waals surface area contributed by atoms with Gasteiger partial charge in [0.05, 0.1) is 13.2 Å². The van der Waals surface area contributed by atoms with E-state index in [1.165, 1.54) is 0 Å². The lowest BCUT2D eigenvalue weighted by Gasteiger charge is -2.02. The molecule has 0 amide bonds. The Balaban J connectivity index is 2.41. The molecule has 0 spiro atoms. The molecule has 0 aromatic heterocycles. The molecule has 64 valence electrons. The lowest BCUT2D eigenvalue weighted by Crippen LogP contribution is -2.10. The van der Waals surface area contributed by atoms with E-state index >= 15 is 0 Å². The minimum atomic E-state index is 0.0194. The van der Waals surface area contributed by atoms with Gasteiger partial charge >= 0.3 is 0 Å². The van der Waals surface area contributed by atoms with Gasteiger partial charge in [0.1, 0.15) is 18.1 Å². The Kier molecular flexibility index (Phi) is 1.66. The van der Waals surface area contributed by atoms with Crippen LogP contribution in [0.15, 0.2) is 18.2 Å². The van der Waals surface area contributed by atoms with E-state index in [-0.39, 0.29) is 6.04 Å². The van der Waals surface area contributed by atoms with Gasteiger partial charge in [-0.2, -0.15) is 0 Å². The number of hydrogen-bond acceptors (Lipinski definition) is 3. The van der Waals surface area contributed by atoms with Crippen LogP contribution >= 0.6 is 0 Å². The van der Waals surface area contributed by atoms with E-state index in [0.29, 0.717) is 6.61 Å². The van der Waals surface area contributed by atoms with Crippen LogP contribution in [-0.2, 0) is 0 Å². The zero-order chi connectivity index (χ0) is 8.55. The van der Waals surface area contributed by atoms with E-state index in [4.69, 9.17) is 15.2 Å². The molecule has 1 aromatic carbocycles. The zero-order valence-corrected chi connectivity index (χ0v) is 6.91. The normalized spacial score (nSPS) is 20.0. The highest BCUT2D eigenvalue weighted by atomic mass is 16.5. The van der Waals surface area contributed by atoms with E-state index in [0.717, 1.165) is 17.1 Å². The van der Waals surface area contributed by atoms with Gasteiger partial charge in [0.15, 0.2) is 0 Å². The Bertz CT molecular complexity index is 299. The van der Waals surface area contributed by atoms with Crippen molar-refractivity contribution >= 4 is 0 Å². The fourth-order valence-corrected chi connectivity index (χ4v) is 1.34. The van der Waals surface area contributed by atoms with Crippen molar-refractivity contribution in [3.63, 3.8) is 0 Å². The van der Waals surface area contributed by atoms with Crippen molar-refractivity contribution in [1.82, 2.24) is 0 Å². The van der Waals surface area contributed by atoms with Crippen molar-refractivity contribution < 1.29 is 9.47 Å². The van der Waals surface area contributed by atoms with Crippen LogP contribution in [0.3, 0.4) is 0 Å². The average Bonchev–Trinajstić information content (AvgIpc) is 2.47. The molecule has 0 radical (unpaired) electrons. The minimum Gasteiger partial charge on any atom is -0.497 e. The third-order valence-electron chi connectivity index (χ3n) is 2.04. The lowest BCUT2D eigenvalue weighted by atomic mass is 10.1. The van der Waals surface area contributed by atoms with E-state index < -0.39 is 0 Å². The predicted octanol–water partition coefficient (Wildman–Crippen LogP) is 1.09. The van der Waals surface area contributed by atoms with Gasteiger partial charge in [-0.3, -0.25) is 0 Å². The average molecular weight is 165 g/mol. The number of hydrogen-bond donors (Lipinski definition) is 1. The number of methoxy groups -OCH3 is 1. The van der Waals surface area contributed by atoms with Crippen LogP contribution in [0.4, 0.5) is 0 Å². The van der Waals surface area contributed by atoms with Gasteiger partial charge < -0.3 is 15.2 Å². The Morgan fingerprint density at radius 1 is 1.58 bits per heavy atom. The molecule has 2 rings (SSSR count). The standard InChI is InChI=1S/C9H11NO2/c1-11-6-2-3-7-8(10)5-12-9(7)4-6/h2-4,8H,5,10H2,1H3/t8-/m1/s1. The molecule has 1 aromatic rings. The summed E-state index contributed by atoms with van der Waals surface area (Å²) < 4.78 is 10.4. The summed E-state index contributed by atoms with van der Waals surface area (Å²) in [5.74, 6) is 1.66. The second-order valence-electron chi connectivity index (χ2n) is 2.82. The molecule has 0 aliphatic carbocycles. The third-order valence-corrected chi connectivity index (χ3v) is 2.04. The molecule has 0 unspecified atom stereocenters. The molecule has 0 saturated heterocycles. The second kappa shape index (κ2) is 2.68. The molecular weight excluding hydrogens is 154 g/mol. The van der Waals surface area contributed by atoms with E-state index in [9.17, 15) is 0 Å². The first-order chi connectivity index (χ1) is 5.81. The Hall–Kier alpha value is -1.22. The highest BCUT2D eigenvalue weighted by molar-refractivity contribution is 5.44. The minimum absolute atomic E-state index is 0.0194. The summed E-state index contributed by atoms with van der Waals surface area (Å²) in [6.45, 7) is 0.572. The van der Waals surface area contributed by atoms with Gasteiger partial charge in [0.25, 0.3) is 0 Å². The maximum Gasteiger partial charge on any atom is 0.127 e. The maximum absolute atomic E-state index is 5.77. The quantitative estimate of drug-likeness (QED) is 0.677. The second-order valence-corrected chi connectivity index (χ2v) is 2.82. The van der Waals surface area contributed by atoms with Crippen molar-refractivity contribution in [3.05, 3.63) is 23.8 Å². The highest BCUT2D eigenvalue weighted by Gasteiger charge is 2.20. The van der Waals surface area contributed by atoms with E-state index in [2.05, 4.69) is 0 Å². The van der Waals surface area contributed by atoms with Gasteiger partial charge in [0.2, 0.25) is 0 Å². The van der Waals surface area contributed by atoms with Gasteiger partial charge in [-0.15, -0.1) is 0 Å². The molecule has 1 aliphatic rings. The largest absolute Gasteiger partial charge is 0.497 e. The number of benzene rings is 1. The summed E-state index contributed by atoms with van der Waals surface area (Å²) in [5.41, 5.74) is 6.84. The molecule has 2 N–H and O–H groups in total. The molecular formula is C9H11NO2. The Labute approximate surface area is 71.1 Å². The van der Waals surface area contributed by atoms with Crippen LogP contribution in [0.5, 0.6) is 11.5 Å². The third kappa shape index (κ3) is 1.02. The molecule has 0 saturated carbocycles.